The number of rotatable bonds is 6. The highest BCUT2D eigenvalue weighted by atomic mass is 32.1. The van der Waals surface area contributed by atoms with E-state index in [2.05, 4.69) is 192 Å². The van der Waals surface area contributed by atoms with E-state index in [1.165, 1.54) is 25.6 Å². The molecule has 0 aliphatic rings. The van der Waals surface area contributed by atoms with Crippen molar-refractivity contribution in [1.29, 1.82) is 0 Å². The summed E-state index contributed by atoms with van der Waals surface area (Å²) in [6.45, 7) is 0. The summed E-state index contributed by atoms with van der Waals surface area (Å²) < 4.78 is 9.61. The van der Waals surface area contributed by atoms with Crippen LogP contribution in [-0.2, 0) is 0 Å². The molecule has 10 rings (SSSR count). The molecule has 0 N–H and O–H groups in total. The van der Waals surface area contributed by atoms with Crippen LogP contribution in [0.4, 0.5) is 34.1 Å². The van der Waals surface area contributed by atoms with Gasteiger partial charge in [-0.25, -0.2) is 0 Å². The van der Waals surface area contributed by atoms with E-state index >= 15 is 0 Å². The summed E-state index contributed by atoms with van der Waals surface area (Å²) in [4.78, 5) is 4.72. The van der Waals surface area contributed by atoms with Crippen LogP contribution < -0.4 is 9.80 Å². The van der Waals surface area contributed by atoms with Crippen molar-refractivity contribution in [2.75, 3.05) is 9.80 Å². The lowest BCUT2D eigenvalue weighted by atomic mass is 10.0. The number of hydrogen-bond donors (Lipinski definition) is 0. The molecule has 0 aliphatic carbocycles. The topological polar surface area (TPSA) is 19.6 Å². The molecule has 10 aromatic rings. The number of anilines is 6. The van der Waals surface area contributed by atoms with Crippen molar-refractivity contribution in [1.82, 2.24) is 0 Å². The molecule has 236 valence electrons. The van der Waals surface area contributed by atoms with Crippen molar-refractivity contribution >= 4 is 98.3 Å². The first-order valence-corrected chi connectivity index (χ1v) is 17.7. The van der Waals surface area contributed by atoms with E-state index in [0.717, 1.165) is 61.4 Å². The Hall–Kier alpha value is -6.36. The molecule has 50 heavy (non-hydrogen) atoms. The lowest BCUT2D eigenvalue weighted by molar-refractivity contribution is 0.669. The Morgan fingerprint density at radius 1 is 0.380 bits per heavy atom. The van der Waals surface area contributed by atoms with Gasteiger partial charge in [-0.3, -0.25) is 0 Å². The minimum atomic E-state index is 0.837. The zero-order valence-electron chi connectivity index (χ0n) is 27.0. The first-order chi connectivity index (χ1) is 24.8. The van der Waals surface area contributed by atoms with Gasteiger partial charge in [-0.05, 0) is 95.7 Å². The third kappa shape index (κ3) is 4.65. The standard InChI is InChI=1S/C46H30N2OS/c1-4-16-33(17-5-1)47(34-18-6-2-7-19-34)41-26-25-38-39-28-31-14-10-11-15-32(31)29-42(39)49-46(38)45(41)48(35-20-8-3-9-21-35)36-24-27-44-40(30-36)37-22-12-13-23-43(37)50-44/h1-30H. The largest absolute Gasteiger partial charge is 0.454 e. The number of furan rings is 1. The van der Waals surface area contributed by atoms with E-state index in [9.17, 15) is 0 Å². The molecule has 0 spiro atoms. The smallest absolute Gasteiger partial charge is 0.161 e. The normalized spacial score (nSPS) is 11.6. The molecule has 2 heterocycles. The molecule has 0 saturated heterocycles. The van der Waals surface area contributed by atoms with Gasteiger partial charge in [0.2, 0.25) is 0 Å². The molecule has 0 saturated carbocycles. The molecule has 0 bridgehead atoms. The van der Waals surface area contributed by atoms with Gasteiger partial charge in [-0.15, -0.1) is 11.3 Å². The Bertz CT molecular complexity index is 2780. The van der Waals surface area contributed by atoms with Gasteiger partial charge in [0.1, 0.15) is 11.3 Å². The van der Waals surface area contributed by atoms with Crippen molar-refractivity contribution in [3.8, 4) is 0 Å². The van der Waals surface area contributed by atoms with Crippen molar-refractivity contribution in [2.24, 2.45) is 0 Å². The molecule has 0 aliphatic heterocycles. The van der Waals surface area contributed by atoms with Crippen molar-refractivity contribution in [3.05, 3.63) is 182 Å². The first-order valence-electron chi connectivity index (χ1n) is 16.8. The van der Waals surface area contributed by atoms with Crippen LogP contribution in [0.2, 0.25) is 0 Å². The third-order valence-corrected chi connectivity index (χ3v) is 10.7. The minimum absolute atomic E-state index is 0.837. The lowest BCUT2D eigenvalue weighted by Gasteiger charge is -2.33. The number of para-hydroxylation sites is 3. The monoisotopic (exact) mass is 658 g/mol. The number of hydrogen-bond acceptors (Lipinski definition) is 4. The van der Waals surface area contributed by atoms with Crippen LogP contribution in [0, 0.1) is 0 Å². The minimum Gasteiger partial charge on any atom is -0.454 e. The molecule has 0 radical (unpaired) electrons. The molecule has 2 aromatic heterocycles. The number of nitrogens with zero attached hydrogens (tertiary/aromatic N) is 2. The zero-order chi connectivity index (χ0) is 33.0. The average Bonchev–Trinajstić information content (AvgIpc) is 3.73. The summed E-state index contributed by atoms with van der Waals surface area (Å²) in [6.07, 6.45) is 0. The van der Waals surface area contributed by atoms with E-state index in [4.69, 9.17) is 4.42 Å². The highest BCUT2D eigenvalue weighted by Crippen LogP contribution is 2.51. The van der Waals surface area contributed by atoms with Gasteiger partial charge in [0.05, 0.1) is 5.69 Å². The molecule has 4 heteroatoms. The van der Waals surface area contributed by atoms with Gasteiger partial charge in [-0.2, -0.15) is 0 Å². The second-order valence-corrected chi connectivity index (χ2v) is 13.6. The van der Waals surface area contributed by atoms with Gasteiger partial charge in [0.25, 0.3) is 0 Å². The van der Waals surface area contributed by atoms with Crippen LogP contribution in [-0.4, -0.2) is 0 Å². The van der Waals surface area contributed by atoms with E-state index in [0.29, 0.717) is 0 Å². The summed E-state index contributed by atoms with van der Waals surface area (Å²) in [6, 6.07) is 64.9. The predicted octanol–water partition coefficient (Wildman–Crippen LogP) is 14.0. The summed E-state index contributed by atoms with van der Waals surface area (Å²) in [5.74, 6) is 0. The fourth-order valence-corrected chi connectivity index (χ4v) is 8.40. The lowest BCUT2D eigenvalue weighted by Crippen LogP contribution is -2.17. The fraction of sp³-hybridized carbons (Fsp3) is 0. The molecule has 3 nitrogen and oxygen atoms in total. The maximum absolute atomic E-state index is 7.05. The third-order valence-electron chi connectivity index (χ3n) is 9.59. The second kappa shape index (κ2) is 11.7. The Balaban J connectivity index is 1.34. The maximum Gasteiger partial charge on any atom is 0.161 e. The first kappa shape index (κ1) is 28.6. The van der Waals surface area contributed by atoms with Gasteiger partial charge in [0.15, 0.2) is 5.58 Å². The van der Waals surface area contributed by atoms with Crippen LogP contribution in [0.5, 0.6) is 0 Å². The molecule has 0 atom stereocenters. The Labute approximate surface area is 293 Å². The summed E-state index contributed by atoms with van der Waals surface area (Å²) in [7, 11) is 0. The average molecular weight is 659 g/mol. The SMILES string of the molecule is c1ccc(N(c2ccccc2)c2ccc3c(oc4cc5ccccc5cc43)c2N(c2ccccc2)c2ccc3sc4ccccc4c3c2)cc1. The number of fused-ring (bicyclic) bond motifs is 7. The highest BCUT2D eigenvalue weighted by molar-refractivity contribution is 7.25. The van der Waals surface area contributed by atoms with Gasteiger partial charge in [0, 0.05) is 53.7 Å². The van der Waals surface area contributed by atoms with Gasteiger partial charge >= 0.3 is 0 Å². The van der Waals surface area contributed by atoms with Gasteiger partial charge < -0.3 is 14.2 Å². The summed E-state index contributed by atoms with van der Waals surface area (Å²) in [5.41, 5.74) is 7.93. The van der Waals surface area contributed by atoms with E-state index in [1.807, 2.05) is 11.3 Å². The van der Waals surface area contributed by atoms with Crippen LogP contribution in [0.3, 0.4) is 0 Å². The highest BCUT2D eigenvalue weighted by Gasteiger charge is 2.27. The summed E-state index contributed by atoms with van der Waals surface area (Å²) in [5, 5.41) is 7.05. The predicted molar refractivity (Wildman–Crippen MR) is 213 cm³/mol. The number of benzene rings is 8. The molecule has 0 amide bonds. The van der Waals surface area contributed by atoms with Crippen molar-refractivity contribution < 1.29 is 4.42 Å². The van der Waals surface area contributed by atoms with E-state index < -0.39 is 0 Å². The Morgan fingerprint density at radius 2 is 0.960 bits per heavy atom. The molecular weight excluding hydrogens is 629 g/mol. The Morgan fingerprint density at radius 3 is 1.66 bits per heavy atom. The zero-order valence-corrected chi connectivity index (χ0v) is 27.8. The van der Waals surface area contributed by atoms with Crippen LogP contribution in [0.25, 0.3) is 52.9 Å². The quantitative estimate of drug-likeness (QED) is 0.177. The molecule has 8 aromatic carbocycles. The summed E-state index contributed by atoms with van der Waals surface area (Å²) >= 11 is 1.84. The molecular formula is C46H30N2OS. The Kier molecular flexibility index (Phi) is 6.68. The van der Waals surface area contributed by atoms with Crippen LogP contribution >= 0.6 is 11.3 Å². The maximum atomic E-state index is 7.05. The number of thiophene rings is 1. The van der Waals surface area contributed by atoms with E-state index in [-0.39, 0.29) is 0 Å². The second-order valence-electron chi connectivity index (χ2n) is 12.6. The van der Waals surface area contributed by atoms with Crippen LogP contribution in [0.15, 0.2) is 186 Å². The van der Waals surface area contributed by atoms with Crippen LogP contribution in [0.1, 0.15) is 0 Å². The van der Waals surface area contributed by atoms with Crippen molar-refractivity contribution in [3.63, 3.8) is 0 Å². The molecule has 0 unspecified atom stereocenters. The fourth-order valence-electron chi connectivity index (χ4n) is 7.32. The van der Waals surface area contributed by atoms with Crippen molar-refractivity contribution in [2.45, 2.75) is 0 Å². The van der Waals surface area contributed by atoms with E-state index in [1.54, 1.807) is 0 Å². The molecule has 0 fully saturated rings. The van der Waals surface area contributed by atoms with Gasteiger partial charge in [-0.1, -0.05) is 97.1 Å².